The van der Waals surface area contributed by atoms with Gasteiger partial charge in [-0.3, -0.25) is 4.90 Å². The summed E-state index contributed by atoms with van der Waals surface area (Å²) in [6.07, 6.45) is 4.73. The molecule has 0 unspecified atom stereocenters. The van der Waals surface area contributed by atoms with Gasteiger partial charge in [0.25, 0.3) is 0 Å². The van der Waals surface area contributed by atoms with E-state index in [0.29, 0.717) is 6.04 Å². The first-order valence-electron chi connectivity index (χ1n) is 9.61. The number of aryl methyl sites for hydroxylation is 2. The van der Waals surface area contributed by atoms with Gasteiger partial charge >= 0.3 is 0 Å². The molecule has 1 fully saturated rings. The Balaban J connectivity index is 1.60. The summed E-state index contributed by atoms with van der Waals surface area (Å²) >= 11 is 0. The molecule has 0 radical (unpaired) electrons. The van der Waals surface area contributed by atoms with Crippen molar-refractivity contribution in [1.82, 2.24) is 14.9 Å². The molecule has 0 aliphatic carbocycles. The summed E-state index contributed by atoms with van der Waals surface area (Å²) in [6.45, 7) is 8.35. The Hall–Kier alpha value is -1.98. The molecular formula is C21H30N4O. The largest absolute Gasteiger partial charge is 0.396 e. The van der Waals surface area contributed by atoms with Crippen molar-refractivity contribution in [2.75, 3.05) is 37.7 Å². The highest BCUT2D eigenvalue weighted by Gasteiger charge is 2.27. The SMILES string of the molecule is Cc1ncnc(N2CCN(CCCc3ccccc3)[C@H](CCO)C2)c1C. The van der Waals surface area contributed by atoms with E-state index in [1.54, 1.807) is 6.33 Å². The number of piperazine rings is 1. The van der Waals surface area contributed by atoms with Gasteiger partial charge in [-0.15, -0.1) is 0 Å². The number of anilines is 1. The summed E-state index contributed by atoms with van der Waals surface area (Å²) in [5, 5.41) is 9.52. The molecule has 1 aliphatic heterocycles. The molecule has 1 aliphatic rings. The van der Waals surface area contributed by atoms with Crippen molar-refractivity contribution < 1.29 is 5.11 Å². The summed E-state index contributed by atoms with van der Waals surface area (Å²) < 4.78 is 0. The van der Waals surface area contributed by atoms with Crippen LogP contribution in [-0.2, 0) is 6.42 Å². The van der Waals surface area contributed by atoms with Crippen LogP contribution in [0, 0.1) is 13.8 Å². The van der Waals surface area contributed by atoms with Gasteiger partial charge < -0.3 is 10.0 Å². The van der Waals surface area contributed by atoms with E-state index >= 15 is 0 Å². The van der Waals surface area contributed by atoms with Gasteiger partial charge in [0.05, 0.1) is 0 Å². The number of hydrogen-bond acceptors (Lipinski definition) is 5. The lowest BCUT2D eigenvalue weighted by Crippen LogP contribution is -2.54. The molecule has 5 nitrogen and oxygen atoms in total. The van der Waals surface area contributed by atoms with Crippen LogP contribution >= 0.6 is 0 Å². The molecule has 1 atom stereocenters. The molecule has 1 N–H and O–H groups in total. The third-order valence-electron chi connectivity index (χ3n) is 5.43. The number of aliphatic hydroxyl groups excluding tert-OH is 1. The summed E-state index contributed by atoms with van der Waals surface area (Å²) in [4.78, 5) is 13.7. The minimum Gasteiger partial charge on any atom is -0.396 e. The zero-order valence-corrected chi connectivity index (χ0v) is 15.9. The van der Waals surface area contributed by atoms with Crippen LogP contribution in [0.15, 0.2) is 36.7 Å². The molecule has 0 saturated carbocycles. The van der Waals surface area contributed by atoms with Gasteiger partial charge in [-0.05, 0) is 45.2 Å². The van der Waals surface area contributed by atoms with Crippen molar-refractivity contribution in [2.24, 2.45) is 0 Å². The number of benzene rings is 1. The lowest BCUT2D eigenvalue weighted by atomic mass is 10.1. The van der Waals surface area contributed by atoms with Crippen LogP contribution in [0.4, 0.5) is 5.82 Å². The molecule has 2 aromatic rings. The molecule has 0 amide bonds. The van der Waals surface area contributed by atoms with Crippen molar-refractivity contribution in [2.45, 2.75) is 39.2 Å². The molecule has 140 valence electrons. The lowest BCUT2D eigenvalue weighted by Gasteiger charge is -2.42. The first kappa shape index (κ1) is 18.8. The Morgan fingerprint density at radius 1 is 1.12 bits per heavy atom. The van der Waals surface area contributed by atoms with Crippen molar-refractivity contribution in [1.29, 1.82) is 0 Å². The van der Waals surface area contributed by atoms with Crippen molar-refractivity contribution in [3.8, 4) is 0 Å². The quantitative estimate of drug-likeness (QED) is 0.828. The Morgan fingerprint density at radius 3 is 2.69 bits per heavy atom. The van der Waals surface area contributed by atoms with Crippen LogP contribution in [0.5, 0.6) is 0 Å². The lowest BCUT2D eigenvalue weighted by molar-refractivity contribution is 0.140. The zero-order valence-electron chi connectivity index (χ0n) is 15.9. The van der Waals surface area contributed by atoms with Crippen molar-refractivity contribution in [3.63, 3.8) is 0 Å². The summed E-state index contributed by atoms with van der Waals surface area (Å²) in [5.74, 6) is 1.05. The van der Waals surface area contributed by atoms with Gasteiger partial charge in [-0.2, -0.15) is 0 Å². The zero-order chi connectivity index (χ0) is 18.4. The maximum absolute atomic E-state index is 9.52. The number of rotatable bonds is 7. The second-order valence-corrected chi connectivity index (χ2v) is 7.14. The van der Waals surface area contributed by atoms with E-state index < -0.39 is 0 Å². The molecule has 0 bridgehead atoms. The number of aromatic nitrogens is 2. The molecular weight excluding hydrogens is 324 g/mol. The Morgan fingerprint density at radius 2 is 1.92 bits per heavy atom. The summed E-state index contributed by atoms with van der Waals surface area (Å²) in [5.41, 5.74) is 3.60. The van der Waals surface area contributed by atoms with E-state index in [2.05, 4.69) is 57.0 Å². The smallest absolute Gasteiger partial charge is 0.135 e. The van der Waals surface area contributed by atoms with Gasteiger partial charge in [0.1, 0.15) is 12.1 Å². The fraction of sp³-hybridized carbons (Fsp3) is 0.524. The first-order valence-corrected chi connectivity index (χ1v) is 9.61. The average molecular weight is 354 g/mol. The molecule has 0 spiro atoms. The molecule has 5 heteroatoms. The van der Waals surface area contributed by atoms with Gasteiger partial charge in [0.2, 0.25) is 0 Å². The van der Waals surface area contributed by atoms with Crippen molar-refractivity contribution in [3.05, 3.63) is 53.5 Å². The predicted octanol–water partition coefficient (Wildman–Crippen LogP) is 2.60. The standard InChI is InChI=1S/C21H30N4O/c1-17-18(2)22-16-23-21(17)25-13-12-24(20(15-25)10-14-26)11-6-9-19-7-4-3-5-8-19/h3-5,7-8,16,20,26H,6,9-15H2,1-2H3/t20-/m1/s1. The van der Waals surface area contributed by atoms with Crippen LogP contribution in [-0.4, -0.2) is 58.8 Å². The Bertz CT molecular complexity index is 692. The highest BCUT2D eigenvalue weighted by atomic mass is 16.3. The maximum Gasteiger partial charge on any atom is 0.135 e. The van der Waals surface area contributed by atoms with Gasteiger partial charge in [-0.25, -0.2) is 9.97 Å². The fourth-order valence-electron chi connectivity index (χ4n) is 3.78. The molecule has 1 saturated heterocycles. The average Bonchev–Trinajstić information content (AvgIpc) is 2.66. The van der Waals surface area contributed by atoms with E-state index in [1.165, 1.54) is 5.56 Å². The monoisotopic (exact) mass is 354 g/mol. The second kappa shape index (κ2) is 9.10. The minimum absolute atomic E-state index is 0.232. The number of nitrogens with zero attached hydrogens (tertiary/aromatic N) is 4. The highest BCUT2D eigenvalue weighted by molar-refractivity contribution is 5.48. The molecule has 26 heavy (non-hydrogen) atoms. The van der Waals surface area contributed by atoms with E-state index in [4.69, 9.17) is 0 Å². The van der Waals surface area contributed by atoms with E-state index in [0.717, 1.165) is 62.5 Å². The van der Waals surface area contributed by atoms with Crippen LogP contribution < -0.4 is 4.90 Å². The van der Waals surface area contributed by atoms with Crippen molar-refractivity contribution >= 4 is 5.82 Å². The van der Waals surface area contributed by atoms with E-state index in [1.807, 2.05) is 6.92 Å². The molecule has 1 aromatic heterocycles. The Labute approximate surface area is 156 Å². The van der Waals surface area contributed by atoms with Gasteiger partial charge in [-0.1, -0.05) is 30.3 Å². The summed E-state index contributed by atoms with van der Waals surface area (Å²) in [7, 11) is 0. The third kappa shape index (κ3) is 4.59. The number of aliphatic hydroxyl groups is 1. The first-order chi connectivity index (χ1) is 12.7. The topological polar surface area (TPSA) is 52.5 Å². The number of hydrogen-bond donors (Lipinski definition) is 1. The summed E-state index contributed by atoms with van der Waals surface area (Å²) in [6, 6.07) is 11.0. The maximum atomic E-state index is 9.52. The predicted molar refractivity (Wildman–Crippen MR) is 106 cm³/mol. The van der Waals surface area contributed by atoms with E-state index in [9.17, 15) is 5.11 Å². The second-order valence-electron chi connectivity index (χ2n) is 7.14. The minimum atomic E-state index is 0.232. The van der Waals surface area contributed by atoms with Gasteiger partial charge in [0, 0.05) is 43.5 Å². The van der Waals surface area contributed by atoms with Crippen LogP contribution in [0.25, 0.3) is 0 Å². The van der Waals surface area contributed by atoms with Crippen LogP contribution in [0.1, 0.15) is 29.7 Å². The normalized spacial score (nSPS) is 18.3. The van der Waals surface area contributed by atoms with Gasteiger partial charge in [0.15, 0.2) is 0 Å². The fourth-order valence-corrected chi connectivity index (χ4v) is 3.78. The molecule has 1 aromatic carbocycles. The Kier molecular flexibility index (Phi) is 6.58. The van der Waals surface area contributed by atoms with Crippen LogP contribution in [0.3, 0.4) is 0 Å². The van der Waals surface area contributed by atoms with Crippen LogP contribution in [0.2, 0.25) is 0 Å². The third-order valence-corrected chi connectivity index (χ3v) is 5.43. The molecule has 3 rings (SSSR count). The highest BCUT2D eigenvalue weighted by Crippen LogP contribution is 2.23. The van der Waals surface area contributed by atoms with E-state index in [-0.39, 0.29) is 6.61 Å². The molecule has 2 heterocycles.